The number of hydrogen-bond donors (Lipinski definition) is 1. The molecule has 2 aromatic rings. The molecular weight excluding hydrogens is 175 g/mol. The van der Waals surface area contributed by atoms with Crippen molar-refractivity contribution in [2.24, 2.45) is 0 Å². The van der Waals surface area contributed by atoms with E-state index in [9.17, 15) is 5.11 Å². The van der Waals surface area contributed by atoms with Gasteiger partial charge in [0.25, 0.3) is 0 Å². The molecule has 0 aliphatic heterocycles. The Morgan fingerprint density at radius 3 is 2.85 bits per heavy atom. The Hall–Kier alpha value is -0.700. The third-order valence-electron chi connectivity index (χ3n) is 1.78. The fraction of sp³-hybridized carbons (Fsp3) is 0. The first-order valence-corrected chi connectivity index (χ1v) is 3.56. The van der Waals surface area contributed by atoms with Crippen molar-refractivity contribution in [3.05, 3.63) is 36.6 Å². The van der Waals surface area contributed by atoms with Gasteiger partial charge in [-0.3, -0.25) is 6.58 Å². The second kappa shape index (κ2) is 4.01. The van der Waals surface area contributed by atoms with Crippen LogP contribution in [0.3, 0.4) is 0 Å². The van der Waals surface area contributed by atoms with Gasteiger partial charge in [0, 0.05) is 17.2 Å². The summed E-state index contributed by atoms with van der Waals surface area (Å²) in [5.41, 5.74) is 1.28. The van der Waals surface area contributed by atoms with Crippen LogP contribution in [-0.2, 0) is 0 Å². The molecule has 1 heterocycles. The third kappa shape index (κ3) is 1.80. The van der Waals surface area contributed by atoms with Gasteiger partial charge in [-0.15, -0.1) is 11.6 Å². The van der Waals surface area contributed by atoms with Crippen LogP contribution in [0.5, 0.6) is 5.75 Å². The van der Waals surface area contributed by atoms with Crippen molar-refractivity contribution >= 4 is 17.0 Å². The van der Waals surface area contributed by atoms with Crippen molar-refractivity contribution in [3.63, 3.8) is 0 Å². The van der Waals surface area contributed by atoms with Gasteiger partial charge in [-0.25, -0.2) is 6.08 Å². The molecule has 0 aliphatic rings. The molecule has 0 spiro atoms. The zero-order chi connectivity index (χ0) is 8.55. The Labute approximate surface area is 98.2 Å². The number of phenols is 1. The van der Waals surface area contributed by atoms with Crippen molar-refractivity contribution in [2.75, 3.05) is 0 Å². The average molecular weight is 182 g/mol. The van der Waals surface area contributed by atoms with Gasteiger partial charge in [0.15, 0.2) is 0 Å². The molecule has 0 unspecified atom stereocenters. The van der Waals surface area contributed by atoms with E-state index in [-0.39, 0.29) is 35.3 Å². The fourth-order valence-corrected chi connectivity index (χ4v) is 1.15. The van der Waals surface area contributed by atoms with Crippen LogP contribution < -0.4 is 29.6 Å². The van der Waals surface area contributed by atoms with Crippen LogP contribution in [0, 0.1) is 6.58 Å². The maximum atomic E-state index is 9.36. The van der Waals surface area contributed by atoms with Gasteiger partial charge >= 0.3 is 29.6 Å². The van der Waals surface area contributed by atoms with Crippen LogP contribution in [0.2, 0.25) is 0 Å². The Kier molecular flexibility index (Phi) is 3.20. The number of fused-ring (bicyclic) bond motifs is 1. The second-order valence-corrected chi connectivity index (χ2v) is 2.54. The van der Waals surface area contributed by atoms with Crippen LogP contribution in [-0.4, -0.2) is 5.11 Å². The largest absolute Gasteiger partial charge is 1.00 e. The van der Waals surface area contributed by atoms with Crippen molar-refractivity contribution in [2.45, 2.75) is 0 Å². The predicted octanol–water partition coefficient (Wildman–Crippen LogP) is -0.411. The minimum Gasteiger partial charge on any atom is -0.526 e. The van der Waals surface area contributed by atoms with E-state index in [2.05, 4.69) is 0 Å². The summed E-state index contributed by atoms with van der Waals surface area (Å²) >= 11 is 0. The average Bonchev–Trinajstić information content (AvgIpc) is 2.49. The second-order valence-electron chi connectivity index (χ2n) is 2.54. The molecule has 1 aromatic heterocycles. The van der Waals surface area contributed by atoms with Gasteiger partial charge in [-0.2, -0.15) is 0 Å². The molecule has 0 radical (unpaired) electrons. The van der Waals surface area contributed by atoms with Crippen LogP contribution in [0.1, 0.15) is 5.56 Å². The number of rotatable bonds is 1. The molecule has 1 N–H and O–H groups in total. The van der Waals surface area contributed by atoms with E-state index < -0.39 is 0 Å². The van der Waals surface area contributed by atoms with Gasteiger partial charge in [0.05, 0.1) is 6.26 Å². The molecule has 3 heteroatoms. The normalized spacial score (nSPS) is 9.54. The summed E-state index contributed by atoms with van der Waals surface area (Å²) in [6.45, 7) is 5.29. The summed E-state index contributed by atoms with van der Waals surface area (Å²) in [4.78, 5) is 0. The van der Waals surface area contributed by atoms with Crippen LogP contribution in [0.4, 0.5) is 0 Å². The van der Waals surface area contributed by atoms with E-state index in [1.165, 1.54) is 6.08 Å². The van der Waals surface area contributed by atoms with Gasteiger partial charge in [-0.05, 0) is 6.07 Å². The van der Waals surface area contributed by atoms with E-state index in [4.69, 9.17) is 11.0 Å². The molecule has 0 aliphatic carbocycles. The molecule has 0 saturated carbocycles. The third-order valence-corrected chi connectivity index (χ3v) is 1.78. The van der Waals surface area contributed by atoms with Crippen LogP contribution in [0.15, 0.2) is 28.9 Å². The number of furan rings is 1. The Morgan fingerprint density at radius 1 is 1.38 bits per heavy atom. The summed E-state index contributed by atoms with van der Waals surface area (Å²) in [6.07, 6.45) is 2.94. The Balaban J connectivity index is 0.000000845. The maximum absolute atomic E-state index is 9.36. The first-order chi connectivity index (χ1) is 5.81. The first kappa shape index (κ1) is 10.4. The van der Waals surface area contributed by atoms with E-state index in [1.807, 2.05) is 6.07 Å². The van der Waals surface area contributed by atoms with Crippen molar-refractivity contribution in [1.29, 1.82) is 0 Å². The zero-order valence-electron chi connectivity index (χ0n) is 7.32. The van der Waals surface area contributed by atoms with E-state index in [0.717, 1.165) is 5.39 Å². The summed E-state index contributed by atoms with van der Waals surface area (Å²) in [6, 6.07) is 5.14. The van der Waals surface area contributed by atoms with E-state index in [1.54, 1.807) is 18.4 Å². The maximum Gasteiger partial charge on any atom is 1.00 e. The van der Waals surface area contributed by atoms with Gasteiger partial charge in [0.1, 0.15) is 5.58 Å². The first-order valence-electron chi connectivity index (χ1n) is 3.56. The molecule has 0 bridgehead atoms. The molecule has 0 saturated heterocycles. The quantitative estimate of drug-likeness (QED) is 0.480. The molecule has 0 amide bonds. The zero-order valence-corrected chi connectivity index (χ0v) is 9.32. The monoisotopic (exact) mass is 182 g/mol. The molecule has 1 aromatic carbocycles. The molecule has 0 fully saturated rings. The van der Waals surface area contributed by atoms with Crippen molar-refractivity contribution < 1.29 is 39.1 Å². The molecule has 13 heavy (non-hydrogen) atoms. The van der Waals surface area contributed by atoms with Gasteiger partial charge < -0.3 is 9.52 Å². The number of aromatic hydroxyl groups is 1. The van der Waals surface area contributed by atoms with E-state index in [0.29, 0.717) is 11.1 Å². The summed E-state index contributed by atoms with van der Waals surface area (Å²) < 4.78 is 5.08. The number of phenolic OH excluding ortho intramolecular Hbond substituents is 1. The number of benzene rings is 1. The molecule has 0 atom stereocenters. The summed E-state index contributed by atoms with van der Waals surface area (Å²) in [5.74, 6) is 0.139. The molecule has 2 rings (SSSR count). The standard InChI is InChI=1S/C10H7O2.Na/c1-2-7-5-8-3-4-12-10(8)6-9(7)11;/h1-6,11H;/q-1;+1. The smallest absolute Gasteiger partial charge is 0.526 e. The molecule has 2 nitrogen and oxygen atoms in total. The minimum absolute atomic E-state index is 0. The summed E-state index contributed by atoms with van der Waals surface area (Å²) in [7, 11) is 0. The van der Waals surface area contributed by atoms with Crippen LogP contribution >= 0.6 is 0 Å². The van der Waals surface area contributed by atoms with Crippen LogP contribution in [0.25, 0.3) is 17.0 Å². The molecular formula is C10H7NaO2. The van der Waals surface area contributed by atoms with Crippen molar-refractivity contribution in [3.8, 4) is 5.75 Å². The Bertz CT molecular complexity index is 431. The molecule has 60 valence electrons. The summed E-state index contributed by atoms with van der Waals surface area (Å²) in [5, 5.41) is 10.3. The fourth-order valence-electron chi connectivity index (χ4n) is 1.15. The predicted molar refractivity (Wildman–Crippen MR) is 46.6 cm³/mol. The Morgan fingerprint density at radius 2 is 2.15 bits per heavy atom. The SMILES string of the molecule is [CH-]=Cc1cc2ccoc2cc1O.[Na+]. The van der Waals surface area contributed by atoms with Gasteiger partial charge in [0.2, 0.25) is 0 Å². The number of hydrogen-bond acceptors (Lipinski definition) is 2. The van der Waals surface area contributed by atoms with Gasteiger partial charge in [-0.1, -0.05) is 0 Å². The van der Waals surface area contributed by atoms with Crippen molar-refractivity contribution in [1.82, 2.24) is 0 Å². The topological polar surface area (TPSA) is 33.4 Å². The minimum atomic E-state index is 0. The van der Waals surface area contributed by atoms with E-state index >= 15 is 0 Å².